The minimum Gasteiger partial charge on any atom is -0.387 e. The van der Waals surface area contributed by atoms with Crippen molar-refractivity contribution in [2.24, 2.45) is 0 Å². The lowest BCUT2D eigenvalue weighted by Crippen LogP contribution is -2.46. The monoisotopic (exact) mass is 340 g/mol. The van der Waals surface area contributed by atoms with E-state index >= 15 is 0 Å². The molecule has 0 saturated carbocycles. The zero-order chi connectivity index (χ0) is 16.5. The second-order valence-electron chi connectivity index (χ2n) is 6.03. The average molecular weight is 340 g/mol. The number of nitrogens with zero attached hydrogens (tertiary/aromatic N) is 4. The molecule has 0 aliphatic carbocycles. The van der Waals surface area contributed by atoms with Crippen LogP contribution in [0.1, 0.15) is 18.7 Å². The van der Waals surface area contributed by atoms with Crippen LogP contribution in [-0.2, 0) is 0 Å². The van der Waals surface area contributed by atoms with E-state index in [1.807, 2.05) is 24.3 Å². The second kappa shape index (κ2) is 6.37. The van der Waals surface area contributed by atoms with Crippen LogP contribution < -0.4 is 9.80 Å². The first kappa shape index (κ1) is 15.4. The highest BCUT2D eigenvalue weighted by molar-refractivity contribution is 7.22. The van der Waals surface area contributed by atoms with E-state index in [9.17, 15) is 5.11 Å². The van der Waals surface area contributed by atoms with Crippen molar-refractivity contribution in [2.75, 3.05) is 36.0 Å². The Labute approximate surface area is 145 Å². The topological polar surface area (TPSA) is 52.5 Å². The third-order valence-corrected chi connectivity index (χ3v) is 5.44. The first-order valence-corrected chi connectivity index (χ1v) is 9.03. The molecule has 1 saturated heterocycles. The predicted octanol–water partition coefficient (Wildman–Crippen LogP) is 3.07. The lowest BCUT2D eigenvalue weighted by atomic mass is 10.2. The van der Waals surface area contributed by atoms with Crippen molar-refractivity contribution in [3.63, 3.8) is 0 Å². The molecule has 1 aliphatic heterocycles. The van der Waals surface area contributed by atoms with Crippen molar-refractivity contribution in [3.8, 4) is 0 Å². The third kappa shape index (κ3) is 2.95. The number of hydrogen-bond donors (Lipinski definition) is 1. The molecule has 3 aromatic rings. The summed E-state index contributed by atoms with van der Waals surface area (Å²) in [5.41, 5.74) is 1.80. The summed E-state index contributed by atoms with van der Waals surface area (Å²) in [6.45, 7) is 5.43. The smallest absolute Gasteiger partial charge is 0.186 e. The SMILES string of the molecule is C[C@@H](O)c1cccc(N2CCN(c3nc4ccccc4s3)CC2)n1. The Morgan fingerprint density at radius 3 is 2.46 bits per heavy atom. The van der Waals surface area contributed by atoms with Crippen LogP contribution in [0.4, 0.5) is 10.9 Å². The van der Waals surface area contributed by atoms with Gasteiger partial charge in [0, 0.05) is 26.2 Å². The summed E-state index contributed by atoms with van der Waals surface area (Å²) in [5, 5.41) is 10.8. The van der Waals surface area contributed by atoms with Gasteiger partial charge in [-0.1, -0.05) is 29.5 Å². The van der Waals surface area contributed by atoms with Crippen LogP contribution in [0.5, 0.6) is 0 Å². The minimum atomic E-state index is -0.533. The molecule has 1 fully saturated rings. The highest BCUT2D eigenvalue weighted by Gasteiger charge is 2.21. The first-order valence-electron chi connectivity index (χ1n) is 8.21. The van der Waals surface area contributed by atoms with Gasteiger partial charge in [0.15, 0.2) is 5.13 Å². The molecular weight excluding hydrogens is 320 g/mol. The van der Waals surface area contributed by atoms with E-state index in [2.05, 4.69) is 33.0 Å². The third-order valence-electron chi connectivity index (χ3n) is 4.34. The predicted molar refractivity (Wildman–Crippen MR) is 98.9 cm³/mol. The molecule has 2 aromatic heterocycles. The van der Waals surface area contributed by atoms with Gasteiger partial charge < -0.3 is 14.9 Å². The van der Waals surface area contributed by atoms with Gasteiger partial charge in [0.05, 0.1) is 22.0 Å². The quantitative estimate of drug-likeness (QED) is 0.794. The van der Waals surface area contributed by atoms with E-state index in [0.29, 0.717) is 0 Å². The lowest BCUT2D eigenvalue weighted by Gasteiger charge is -2.35. The molecule has 0 amide bonds. The summed E-state index contributed by atoms with van der Waals surface area (Å²) in [7, 11) is 0. The molecule has 0 bridgehead atoms. The summed E-state index contributed by atoms with van der Waals surface area (Å²) >= 11 is 1.75. The molecule has 0 radical (unpaired) electrons. The molecule has 124 valence electrons. The van der Waals surface area contributed by atoms with Gasteiger partial charge >= 0.3 is 0 Å². The van der Waals surface area contributed by atoms with E-state index < -0.39 is 6.10 Å². The zero-order valence-corrected chi connectivity index (χ0v) is 14.4. The number of hydrogen-bond acceptors (Lipinski definition) is 6. The Hall–Kier alpha value is -2.18. The molecule has 1 aromatic carbocycles. The van der Waals surface area contributed by atoms with Gasteiger partial charge in [-0.15, -0.1) is 0 Å². The number of anilines is 2. The van der Waals surface area contributed by atoms with Crippen molar-refractivity contribution in [3.05, 3.63) is 48.2 Å². The van der Waals surface area contributed by atoms with Crippen LogP contribution >= 0.6 is 11.3 Å². The molecule has 24 heavy (non-hydrogen) atoms. The van der Waals surface area contributed by atoms with E-state index in [-0.39, 0.29) is 0 Å². The minimum absolute atomic E-state index is 0.533. The van der Waals surface area contributed by atoms with Crippen LogP contribution in [0, 0.1) is 0 Å². The molecule has 1 atom stereocenters. The number of rotatable bonds is 3. The van der Waals surface area contributed by atoms with E-state index in [1.54, 1.807) is 18.3 Å². The molecule has 0 spiro atoms. The van der Waals surface area contributed by atoms with Crippen LogP contribution in [0.25, 0.3) is 10.2 Å². The Balaban J connectivity index is 1.47. The number of pyridine rings is 1. The highest BCUT2D eigenvalue weighted by atomic mass is 32.1. The average Bonchev–Trinajstić information content (AvgIpc) is 3.06. The number of fused-ring (bicyclic) bond motifs is 1. The van der Waals surface area contributed by atoms with Crippen molar-refractivity contribution in [1.82, 2.24) is 9.97 Å². The summed E-state index contributed by atoms with van der Waals surface area (Å²) in [6.07, 6.45) is -0.533. The van der Waals surface area contributed by atoms with Gasteiger partial charge in [-0.2, -0.15) is 0 Å². The Bertz CT molecular complexity index is 807. The second-order valence-corrected chi connectivity index (χ2v) is 7.04. The van der Waals surface area contributed by atoms with E-state index in [1.165, 1.54) is 4.70 Å². The molecule has 0 unspecified atom stereocenters. The Morgan fingerprint density at radius 1 is 0.958 bits per heavy atom. The molecule has 1 aliphatic rings. The van der Waals surface area contributed by atoms with Crippen LogP contribution in [0.3, 0.4) is 0 Å². The summed E-state index contributed by atoms with van der Waals surface area (Å²) in [4.78, 5) is 13.9. The number of piperazine rings is 1. The summed E-state index contributed by atoms with van der Waals surface area (Å²) < 4.78 is 1.24. The van der Waals surface area contributed by atoms with Crippen LogP contribution in [0.2, 0.25) is 0 Å². The van der Waals surface area contributed by atoms with Crippen LogP contribution in [0.15, 0.2) is 42.5 Å². The van der Waals surface area contributed by atoms with Gasteiger partial charge in [-0.25, -0.2) is 9.97 Å². The zero-order valence-electron chi connectivity index (χ0n) is 13.6. The van der Waals surface area contributed by atoms with Gasteiger partial charge in [-0.05, 0) is 31.2 Å². The maximum Gasteiger partial charge on any atom is 0.186 e. The highest BCUT2D eigenvalue weighted by Crippen LogP contribution is 2.29. The van der Waals surface area contributed by atoms with E-state index in [0.717, 1.165) is 48.3 Å². The molecule has 4 rings (SSSR count). The summed E-state index contributed by atoms with van der Waals surface area (Å²) in [6, 6.07) is 14.1. The molecular formula is C18H20N4OS. The number of para-hydroxylation sites is 1. The fourth-order valence-corrected chi connectivity index (χ4v) is 3.99. The molecule has 3 heterocycles. The first-order chi connectivity index (χ1) is 11.7. The molecule has 5 nitrogen and oxygen atoms in total. The number of aromatic nitrogens is 2. The van der Waals surface area contributed by atoms with Crippen molar-refractivity contribution < 1.29 is 5.11 Å². The normalized spacial score (nSPS) is 16.6. The van der Waals surface area contributed by atoms with Gasteiger partial charge in [0.25, 0.3) is 0 Å². The standard InChI is InChI=1S/C18H20N4OS/c1-13(23)14-6-4-8-17(19-14)21-9-11-22(12-10-21)18-20-15-5-2-3-7-16(15)24-18/h2-8,13,23H,9-12H2,1H3/t13-/m1/s1. The van der Waals surface area contributed by atoms with Crippen molar-refractivity contribution >= 4 is 32.5 Å². The fraction of sp³-hybridized carbons (Fsp3) is 0.333. The summed E-state index contributed by atoms with van der Waals surface area (Å²) in [5.74, 6) is 0.942. The Kier molecular flexibility index (Phi) is 4.08. The maximum atomic E-state index is 9.71. The van der Waals surface area contributed by atoms with E-state index in [4.69, 9.17) is 4.98 Å². The maximum absolute atomic E-state index is 9.71. The molecule has 6 heteroatoms. The molecule has 1 N–H and O–H groups in total. The van der Waals surface area contributed by atoms with Crippen molar-refractivity contribution in [2.45, 2.75) is 13.0 Å². The van der Waals surface area contributed by atoms with Gasteiger partial charge in [-0.3, -0.25) is 0 Å². The number of aliphatic hydroxyl groups excluding tert-OH is 1. The largest absolute Gasteiger partial charge is 0.387 e. The van der Waals surface area contributed by atoms with Gasteiger partial charge in [0.2, 0.25) is 0 Å². The lowest BCUT2D eigenvalue weighted by molar-refractivity contribution is 0.194. The fourth-order valence-electron chi connectivity index (χ4n) is 2.97. The number of benzene rings is 1. The number of aliphatic hydroxyl groups is 1. The van der Waals surface area contributed by atoms with Gasteiger partial charge in [0.1, 0.15) is 5.82 Å². The van der Waals surface area contributed by atoms with Crippen LogP contribution in [-0.4, -0.2) is 41.3 Å². The number of thiazole rings is 1. The Morgan fingerprint density at radius 2 is 1.71 bits per heavy atom. The van der Waals surface area contributed by atoms with Crippen molar-refractivity contribution in [1.29, 1.82) is 0 Å².